The molecule has 6 nitrogen and oxygen atoms in total. The van der Waals surface area contributed by atoms with E-state index in [-0.39, 0.29) is 48.5 Å². The number of aliphatic imine (C=N–C) groups is 1. The highest BCUT2D eigenvalue weighted by molar-refractivity contribution is 14.0. The molecule has 1 saturated carbocycles. The molecule has 0 radical (unpaired) electrons. The average Bonchev–Trinajstić information content (AvgIpc) is 2.99. The number of hydrogen-bond acceptors (Lipinski definition) is 3. The highest BCUT2D eigenvalue weighted by atomic mass is 127. The van der Waals surface area contributed by atoms with Crippen molar-refractivity contribution in [2.24, 2.45) is 10.9 Å². The molecule has 2 aliphatic rings. The van der Waals surface area contributed by atoms with Gasteiger partial charge in [-0.25, -0.2) is 4.99 Å². The molecule has 2 N–H and O–H groups in total. The van der Waals surface area contributed by atoms with E-state index in [2.05, 4.69) is 22.5 Å². The fraction of sp³-hybridized carbons (Fsp3) is 0.889. The Kier molecular flexibility index (Phi) is 10.3. The second-order valence-electron chi connectivity index (χ2n) is 7.95. The van der Waals surface area contributed by atoms with Crippen LogP contribution in [0.1, 0.15) is 39.0 Å². The van der Waals surface area contributed by atoms with E-state index in [0.717, 1.165) is 19.3 Å². The molecule has 1 heterocycles. The number of rotatable bonds is 5. The van der Waals surface area contributed by atoms with E-state index in [1.165, 1.54) is 16.2 Å². The molecule has 0 aromatic rings. The van der Waals surface area contributed by atoms with E-state index in [0.29, 0.717) is 31.4 Å². The third-order valence-electron chi connectivity index (χ3n) is 5.32. The van der Waals surface area contributed by atoms with Gasteiger partial charge in [0.15, 0.2) is 5.96 Å². The summed E-state index contributed by atoms with van der Waals surface area (Å²) >= 11 is 0. The van der Waals surface area contributed by atoms with Gasteiger partial charge in [0.25, 0.3) is 0 Å². The van der Waals surface area contributed by atoms with Crippen molar-refractivity contribution < 1.29 is 18.0 Å². The number of guanidine groups is 1. The van der Waals surface area contributed by atoms with Crippen molar-refractivity contribution in [2.75, 3.05) is 40.3 Å². The normalized spacial score (nSPS) is 26.5. The zero-order valence-corrected chi connectivity index (χ0v) is 19.2. The predicted molar refractivity (Wildman–Crippen MR) is 115 cm³/mol. The number of hydrogen-bond donors (Lipinski definition) is 2. The van der Waals surface area contributed by atoms with E-state index in [1.807, 2.05) is 0 Å². The molecule has 28 heavy (non-hydrogen) atoms. The molecule has 1 saturated heterocycles. The van der Waals surface area contributed by atoms with E-state index in [9.17, 15) is 18.0 Å². The molecular formula is C18H33F3IN5O. The van der Waals surface area contributed by atoms with Crippen molar-refractivity contribution in [3.8, 4) is 0 Å². The highest BCUT2D eigenvalue weighted by Gasteiger charge is 2.34. The van der Waals surface area contributed by atoms with Gasteiger partial charge in [-0.1, -0.05) is 19.8 Å². The molecule has 0 spiro atoms. The number of nitrogens with one attached hydrogen (secondary N) is 2. The fourth-order valence-corrected chi connectivity index (χ4v) is 3.67. The summed E-state index contributed by atoms with van der Waals surface area (Å²) in [5, 5.41) is 6.67. The molecule has 3 atom stereocenters. The summed E-state index contributed by atoms with van der Waals surface area (Å²) < 4.78 is 37.8. The smallest absolute Gasteiger partial charge is 0.353 e. The van der Waals surface area contributed by atoms with Gasteiger partial charge in [-0.2, -0.15) is 13.2 Å². The summed E-state index contributed by atoms with van der Waals surface area (Å²) in [5.41, 5.74) is 0. The van der Waals surface area contributed by atoms with Gasteiger partial charge in [-0.05, 0) is 25.2 Å². The molecule has 0 aromatic carbocycles. The average molecular weight is 519 g/mol. The quantitative estimate of drug-likeness (QED) is 0.333. The minimum absolute atomic E-state index is 0. The summed E-state index contributed by atoms with van der Waals surface area (Å²) in [6.07, 6.45) is 0.985. The lowest BCUT2D eigenvalue weighted by Crippen LogP contribution is -2.51. The maximum Gasteiger partial charge on any atom is 0.401 e. The third-order valence-corrected chi connectivity index (χ3v) is 5.32. The van der Waals surface area contributed by atoms with Crippen molar-refractivity contribution in [1.29, 1.82) is 0 Å². The van der Waals surface area contributed by atoms with Crippen LogP contribution in [0.4, 0.5) is 13.2 Å². The summed E-state index contributed by atoms with van der Waals surface area (Å²) in [7, 11) is 3.35. The van der Waals surface area contributed by atoms with E-state index in [4.69, 9.17) is 0 Å². The van der Waals surface area contributed by atoms with Crippen molar-refractivity contribution in [2.45, 2.75) is 57.3 Å². The minimum atomic E-state index is -4.18. The number of nitrogens with zero attached hydrogens (tertiary/aromatic N) is 3. The Morgan fingerprint density at radius 1 is 1.18 bits per heavy atom. The monoisotopic (exact) mass is 519 g/mol. The summed E-state index contributed by atoms with van der Waals surface area (Å²) in [6, 6.07) is 0.166. The number of carbonyl (C=O) groups is 1. The van der Waals surface area contributed by atoms with Crippen LogP contribution in [0.15, 0.2) is 4.99 Å². The van der Waals surface area contributed by atoms with Gasteiger partial charge < -0.3 is 15.5 Å². The van der Waals surface area contributed by atoms with Gasteiger partial charge in [0, 0.05) is 39.3 Å². The summed E-state index contributed by atoms with van der Waals surface area (Å²) in [5.74, 6) is 0.918. The van der Waals surface area contributed by atoms with Gasteiger partial charge in [-0.15, -0.1) is 24.0 Å². The Morgan fingerprint density at radius 2 is 1.86 bits per heavy atom. The Morgan fingerprint density at radius 3 is 2.46 bits per heavy atom. The van der Waals surface area contributed by atoms with Crippen LogP contribution < -0.4 is 10.6 Å². The standard InChI is InChI=1S/C18H32F3N5O.HI/c1-13-6-4-5-7-15(13)24-17(22-10-16(27)25(2)3)23-14-8-9-26(11-14)12-18(19,20)21;/h13-15H,4-12H2,1-3H3,(H2,22,23,24);1H. The van der Waals surface area contributed by atoms with Crippen molar-refractivity contribution in [3.63, 3.8) is 0 Å². The summed E-state index contributed by atoms with van der Waals surface area (Å²) in [4.78, 5) is 19.2. The van der Waals surface area contributed by atoms with Crippen molar-refractivity contribution in [3.05, 3.63) is 0 Å². The van der Waals surface area contributed by atoms with Gasteiger partial charge in [-0.3, -0.25) is 9.69 Å². The van der Waals surface area contributed by atoms with E-state index < -0.39 is 12.7 Å². The molecule has 0 bridgehead atoms. The van der Waals surface area contributed by atoms with Crippen LogP contribution in [0, 0.1) is 5.92 Å². The van der Waals surface area contributed by atoms with E-state index >= 15 is 0 Å². The van der Waals surface area contributed by atoms with Crippen LogP contribution in [0.25, 0.3) is 0 Å². The lowest BCUT2D eigenvalue weighted by molar-refractivity contribution is -0.143. The number of alkyl halides is 3. The summed E-state index contributed by atoms with van der Waals surface area (Å²) in [6.45, 7) is 2.05. The van der Waals surface area contributed by atoms with Crippen LogP contribution in [-0.4, -0.2) is 80.2 Å². The van der Waals surface area contributed by atoms with Crippen molar-refractivity contribution in [1.82, 2.24) is 20.4 Å². The minimum Gasteiger partial charge on any atom is -0.353 e. The second kappa shape index (κ2) is 11.4. The molecule has 1 aliphatic carbocycles. The second-order valence-corrected chi connectivity index (χ2v) is 7.95. The van der Waals surface area contributed by atoms with Gasteiger partial charge in [0.2, 0.25) is 5.91 Å². The first kappa shape index (κ1) is 25.3. The van der Waals surface area contributed by atoms with Crippen LogP contribution in [-0.2, 0) is 4.79 Å². The fourth-order valence-electron chi connectivity index (χ4n) is 3.67. The molecular weight excluding hydrogens is 486 g/mol. The Labute approximate surface area is 182 Å². The Hall–Kier alpha value is -0.780. The molecule has 2 fully saturated rings. The van der Waals surface area contributed by atoms with Crippen LogP contribution in [0.2, 0.25) is 0 Å². The van der Waals surface area contributed by atoms with Crippen LogP contribution in [0.3, 0.4) is 0 Å². The lowest BCUT2D eigenvalue weighted by Gasteiger charge is -2.31. The number of likely N-dealkylation sites (N-methyl/N-ethyl adjacent to an activating group) is 1. The number of likely N-dealkylation sites (tertiary alicyclic amines) is 1. The third kappa shape index (κ3) is 8.71. The molecule has 164 valence electrons. The first-order chi connectivity index (χ1) is 12.6. The molecule has 10 heteroatoms. The van der Waals surface area contributed by atoms with E-state index in [1.54, 1.807) is 14.1 Å². The maximum absolute atomic E-state index is 12.6. The lowest BCUT2D eigenvalue weighted by atomic mass is 9.86. The number of halogens is 4. The largest absolute Gasteiger partial charge is 0.401 e. The SMILES string of the molecule is CC1CCCCC1NC(=NCC(=O)N(C)C)NC1CCN(CC(F)(F)F)C1.I. The Balaban J connectivity index is 0.00000392. The van der Waals surface area contributed by atoms with Crippen LogP contribution >= 0.6 is 24.0 Å². The zero-order chi connectivity index (χ0) is 20.0. The molecule has 1 amide bonds. The molecule has 2 rings (SSSR count). The predicted octanol–water partition coefficient (Wildman–Crippen LogP) is 2.44. The number of carbonyl (C=O) groups excluding carboxylic acids is 1. The van der Waals surface area contributed by atoms with Crippen molar-refractivity contribution >= 4 is 35.8 Å². The number of amides is 1. The first-order valence-corrected chi connectivity index (χ1v) is 9.71. The molecule has 1 aliphatic heterocycles. The topological polar surface area (TPSA) is 60.0 Å². The van der Waals surface area contributed by atoms with Crippen LogP contribution in [0.5, 0.6) is 0 Å². The van der Waals surface area contributed by atoms with Gasteiger partial charge >= 0.3 is 6.18 Å². The Bertz CT molecular complexity index is 530. The first-order valence-electron chi connectivity index (χ1n) is 9.71. The van der Waals surface area contributed by atoms with Gasteiger partial charge in [0.1, 0.15) is 6.54 Å². The maximum atomic E-state index is 12.6. The molecule has 0 aromatic heterocycles. The van der Waals surface area contributed by atoms with Gasteiger partial charge in [0.05, 0.1) is 6.54 Å². The highest BCUT2D eigenvalue weighted by Crippen LogP contribution is 2.24. The zero-order valence-electron chi connectivity index (χ0n) is 16.9. The molecule has 3 unspecified atom stereocenters.